The first-order valence-corrected chi connectivity index (χ1v) is 5.11. The van der Waals surface area contributed by atoms with Gasteiger partial charge in [-0.25, -0.2) is 9.97 Å². The molecular weight excluding hydrogens is 227 g/mol. The molecule has 0 amide bonds. The van der Waals surface area contributed by atoms with Gasteiger partial charge in [-0.15, -0.1) is 0 Å². The molecule has 0 aliphatic rings. The lowest BCUT2D eigenvalue weighted by Crippen LogP contribution is -2.28. The Morgan fingerprint density at radius 2 is 2.20 bits per heavy atom. The summed E-state index contributed by atoms with van der Waals surface area (Å²) in [5, 5.41) is -1.20. The van der Waals surface area contributed by atoms with Gasteiger partial charge in [-0.05, 0) is 19.0 Å². The Morgan fingerprint density at radius 1 is 1.47 bits per heavy atom. The van der Waals surface area contributed by atoms with Gasteiger partial charge >= 0.3 is 6.18 Å². The fourth-order valence-electron chi connectivity index (χ4n) is 0.935. The number of thioether (sulfide) groups is 1. The van der Waals surface area contributed by atoms with E-state index < -0.39 is 11.4 Å². The van der Waals surface area contributed by atoms with E-state index in [4.69, 9.17) is 5.73 Å². The van der Waals surface area contributed by atoms with Crippen molar-refractivity contribution in [2.45, 2.75) is 22.9 Å². The molecule has 1 atom stereocenters. The molecule has 0 radical (unpaired) electrons. The highest BCUT2D eigenvalue weighted by atomic mass is 32.2. The number of nitrogens with zero attached hydrogens (tertiary/aromatic N) is 2. The summed E-state index contributed by atoms with van der Waals surface area (Å²) in [6, 6.07) is 1.44. The van der Waals surface area contributed by atoms with Gasteiger partial charge in [-0.2, -0.15) is 13.2 Å². The molecule has 0 saturated carbocycles. The van der Waals surface area contributed by atoms with Crippen LogP contribution in [-0.2, 0) is 0 Å². The smallest absolute Gasteiger partial charge is 0.330 e. The van der Waals surface area contributed by atoms with Crippen LogP contribution in [-0.4, -0.2) is 27.9 Å². The topological polar surface area (TPSA) is 51.8 Å². The summed E-state index contributed by atoms with van der Waals surface area (Å²) in [4.78, 5) is 7.36. The molecule has 84 valence electrons. The Morgan fingerprint density at radius 3 is 2.67 bits per heavy atom. The Hall–Kier alpha value is -0.820. The standard InChI is InChI=1S/C8H10F3N3S/c9-8(10,11)6(1-3-12)15-7-2-4-13-5-14-7/h2,4-6H,1,3,12H2. The average molecular weight is 237 g/mol. The van der Waals surface area contributed by atoms with Crippen LogP contribution in [0.15, 0.2) is 23.6 Å². The molecule has 1 unspecified atom stereocenters. The Kier molecular flexibility index (Phi) is 4.34. The van der Waals surface area contributed by atoms with Crippen LogP contribution in [0.25, 0.3) is 0 Å². The van der Waals surface area contributed by atoms with Crippen LogP contribution < -0.4 is 5.73 Å². The molecule has 0 aliphatic carbocycles. The van der Waals surface area contributed by atoms with Gasteiger partial charge in [0.25, 0.3) is 0 Å². The third-order valence-corrected chi connectivity index (χ3v) is 2.88. The maximum Gasteiger partial charge on any atom is 0.401 e. The van der Waals surface area contributed by atoms with Crippen LogP contribution in [0, 0.1) is 0 Å². The van der Waals surface area contributed by atoms with E-state index >= 15 is 0 Å². The third kappa shape index (κ3) is 4.05. The molecule has 1 aromatic heterocycles. The van der Waals surface area contributed by atoms with Crippen LogP contribution in [0.5, 0.6) is 0 Å². The van der Waals surface area contributed by atoms with Gasteiger partial charge < -0.3 is 5.73 Å². The number of hydrogen-bond acceptors (Lipinski definition) is 4. The van der Waals surface area contributed by atoms with Crippen LogP contribution in [0.1, 0.15) is 6.42 Å². The zero-order valence-corrected chi connectivity index (χ0v) is 8.55. The van der Waals surface area contributed by atoms with Gasteiger partial charge in [-0.3, -0.25) is 0 Å². The predicted octanol–water partition coefficient (Wildman–Crippen LogP) is 1.85. The zero-order chi connectivity index (χ0) is 11.3. The van der Waals surface area contributed by atoms with Crippen LogP contribution >= 0.6 is 11.8 Å². The Labute approximate surface area is 89.3 Å². The highest BCUT2D eigenvalue weighted by Crippen LogP contribution is 2.35. The Bertz CT molecular complexity index is 291. The summed E-state index contributed by atoms with van der Waals surface area (Å²) in [5.74, 6) is 0. The summed E-state index contributed by atoms with van der Waals surface area (Å²) in [5.41, 5.74) is 5.13. The van der Waals surface area contributed by atoms with Crippen LogP contribution in [0.2, 0.25) is 0 Å². The van der Waals surface area contributed by atoms with Crippen LogP contribution in [0.3, 0.4) is 0 Å². The Balaban J connectivity index is 2.67. The molecule has 0 saturated heterocycles. The average Bonchev–Trinajstić information content (AvgIpc) is 2.17. The van der Waals surface area contributed by atoms with Crippen molar-refractivity contribution in [1.29, 1.82) is 0 Å². The van der Waals surface area contributed by atoms with Crippen LogP contribution in [0.4, 0.5) is 13.2 Å². The molecule has 15 heavy (non-hydrogen) atoms. The molecule has 0 spiro atoms. The molecule has 0 aliphatic heterocycles. The van der Waals surface area contributed by atoms with Gasteiger partial charge in [0.15, 0.2) is 0 Å². The lowest BCUT2D eigenvalue weighted by atomic mass is 10.3. The largest absolute Gasteiger partial charge is 0.401 e. The number of hydrogen-bond donors (Lipinski definition) is 1. The van der Waals surface area contributed by atoms with Crippen molar-refractivity contribution < 1.29 is 13.2 Å². The highest BCUT2D eigenvalue weighted by molar-refractivity contribution is 7.99. The minimum absolute atomic E-state index is 0.00224. The maximum atomic E-state index is 12.5. The molecule has 0 aromatic carbocycles. The summed E-state index contributed by atoms with van der Waals surface area (Å²) in [6.07, 6.45) is -1.74. The number of halogens is 3. The van der Waals surface area contributed by atoms with E-state index in [1.807, 2.05) is 0 Å². The minimum atomic E-state index is -4.25. The summed E-state index contributed by atoms with van der Waals surface area (Å²) >= 11 is 0.664. The third-order valence-electron chi connectivity index (χ3n) is 1.61. The lowest BCUT2D eigenvalue weighted by molar-refractivity contribution is -0.129. The molecule has 0 bridgehead atoms. The van der Waals surface area contributed by atoms with Gasteiger partial charge in [0.05, 0.1) is 5.03 Å². The second-order valence-corrected chi connectivity index (χ2v) is 4.00. The maximum absolute atomic E-state index is 12.5. The quantitative estimate of drug-likeness (QED) is 0.641. The fourth-order valence-corrected chi connectivity index (χ4v) is 1.86. The first-order chi connectivity index (χ1) is 7.04. The molecule has 7 heteroatoms. The molecule has 1 rings (SSSR count). The first-order valence-electron chi connectivity index (χ1n) is 4.23. The number of rotatable bonds is 4. The number of aromatic nitrogens is 2. The van der Waals surface area contributed by atoms with Gasteiger partial charge in [-0.1, -0.05) is 11.8 Å². The monoisotopic (exact) mass is 237 g/mol. The van der Waals surface area contributed by atoms with Gasteiger partial charge in [0, 0.05) is 6.20 Å². The summed E-state index contributed by atoms with van der Waals surface area (Å²) in [7, 11) is 0. The first kappa shape index (κ1) is 12.3. The molecule has 3 nitrogen and oxygen atoms in total. The normalized spacial score (nSPS) is 13.9. The van der Waals surface area contributed by atoms with Crippen molar-refractivity contribution in [3.63, 3.8) is 0 Å². The number of alkyl halides is 3. The van der Waals surface area contributed by atoms with E-state index in [9.17, 15) is 13.2 Å². The van der Waals surface area contributed by atoms with Crippen molar-refractivity contribution in [3.8, 4) is 0 Å². The molecule has 1 heterocycles. The van der Waals surface area contributed by atoms with Gasteiger partial charge in [0.2, 0.25) is 0 Å². The molecular formula is C8H10F3N3S. The van der Waals surface area contributed by atoms with E-state index in [-0.39, 0.29) is 13.0 Å². The zero-order valence-electron chi connectivity index (χ0n) is 7.74. The van der Waals surface area contributed by atoms with E-state index in [1.165, 1.54) is 18.6 Å². The van der Waals surface area contributed by atoms with E-state index in [1.54, 1.807) is 0 Å². The van der Waals surface area contributed by atoms with Crippen molar-refractivity contribution in [2.24, 2.45) is 5.73 Å². The molecule has 1 aromatic rings. The second kappa shape index (κ2) is 5.32. The van der Waals surface area contributed by atoms with E-state index in [0.717, 1.165) is 0 Å². The van der Waals surface area contributed by atoms with E-state index in [2.05, 4.69) is 9.97 Å². The highest BCUT2D eigenvalue weighted by Gasteiger charge is 2.39. The fraction of sp³-hybridized carbons (Fsp3) is 0.500. The van der Waals surface area contributed by atoms with Gasteiger partial charge in [0.1, 0.15) is 11.6 Å². The minimum Gasteiger partial charge on any atom is -0.330 e. The van der Waals surface area contributed by atoms with Crippen molar-refractivity contribution in [2.75, 3.05) is 6.54 Å². The molecule has 2 N–H and O–H groups in total. The molecule has 0 fully saturated rings. The number of nitrogens with two attached hydrogens (primary N) is 1. The lowest BCUT2D eigenvalue weighted by Gasteiger charge is -2.18. The van der Waals surface area contributed by atoms with Crippen molar-refractivity contribution in [3.05, 3.63) is 18.6 Å². The van der Waals surface area contributed by atoms with E-state index in [0.29, 0.717) is 16.8 Å². The van der Waals surface area contributed by atoms with Crippen molar-refractivity contribution in [1.82, 2.24) is 9.97 Å². The predicted molar refractivity (Wildman–Crippen MR) is 51.4 cm³/mol. The summed E-state index contributed by atoms with van der Waals surface area (Å²) < 4.78 is 37.4. The SMILES string of the molecule is NCCC(Sc1ccncn1)C(F)(F)F. The second-order valence-electron chi connectivity index (χ2n) is 2.77. The summed E-state index contributed by atoms with van der Waals surface area (Å²) in [6.45, 7) is 0.00224. The van der Waals surface area contributed by atoms with Crippen molar-refractivity contribution >= 4 is 11.8 Å².